The highest BCUT2D eigenvalue weighted by atomic mass is 35.5. The molecule has 1 amide bonds. The molecule has 1 atom stereocenters. The Labute approximate surface area is 111 Å². The highest BCUT2D eigenvalue weighted by Gasteiger charge is 2.31. The average Bonchev–Trinajstić information content (AvgIpc) is 2.61. The molecule has 0 bridgehead atoms. The first kappa shape index (κ1) is 13.3. The van der Waals surface area contributed by atoms with E-state index in [2.05, 4.69) is 4.90 Å². The first-order valence-corrected chi connectivity index (χ1v) is 6.28. The number of primary amides is 1. The number of likely N-dealkylation sites (tertiary alicyclic amines) is 1. The van der Waals surface area contributed by atoms with Crippen LogP contribution in [-0.4, -0.2) is 34.6 Å². The number of carbonyl (C=O) groups is 1. The predicted octanol–water partition coefficient (Wildman–Crippen LogP) is 1.40. The Morgan fingerprint density at radius 3 is 2.83 bits per heavy atom. The van der Waals surface area contributed by atoms with Crippen LogP contribution in [0.25, 0.3) is 0 Å². The van der Waals surface area contributed by atoms with Gasteiger partial charge >= 0.3 is 0 Å². The third-order valence-electron chi connectivity index (χ3n) is 3.26. The van der Waals surface area contributed by atoms with E-state index in [4.69, 9.17) is 17.3 Å². The zero-order valence-electron chi connectivity index (χ0n) is 10.3. The Balaban J connectivity index is 2.09. The van der Waals surface area contributed by atoms with Gasteiger partial charge in [0.15, 0.2) is 0 Å². The topological polar surface area (TPSA) is 66.6 Å². The first-order valence-electron chi connectivity index (χ1n) is 5.90. The summed E-state index contributed by atoms with van der Waals surface area (Å²) in [5.74, 6) is -0.479. The summed E-state index contributed by atoms with van der Waals surface area (Å²) in [6.45, 7) is 4.00. The van der Waals surface area contributed by atoms with Crippen LogP contribution >= 0.6 is 11.6 Å². The molecular weight excluding hydrogens is 252 g/mol. The normalized spacial score (nSPS) is 24.4. The lowest BCUT2D eigenvalue weighted by molar-refractivity contribution is 0.0679. The number of rotatable bonds is 3. The Kier molecular flexibility index (Phi) is 3.61. The summed E-state index contributed by atoms with van der Waals surface area (Å²) in [5, 5.41) is 10.4. The monoisotopic (exact) mass is 268 g/mol. The molecule has 98 valence electrons. The van der Waals surface area contributed by atoms with E-state index in [0.29, 0.717) is 23.7 Å². The van der Waals surface area contributed by atoms with Crippen molar-refractivity contribution in [2.45, 2.75) is 25.5 Å². The minimum atomic E-state index is -0.611. The molecule has 0 spiro atoms. The third kappa shape index (κ3) is 3.02. The van der Waals surface area contributed by atoms with Gasteiger partial charge in [-0.2, -0.15) is 0 Å². The van der Waals surface area contributed by atoms with E-state index in [-0.39, 0.29) is 0 Å². The molecule has 1 heterocycles. The van der Waals surface area contributed by atoms with Gasteiger partial charge in [0.05, 0.1) is 5.60 Å². The maximum Gasteiger partial charge on any atom is 0.248 e. The van der Waals surface area contributed by atoms with E-state index in [1.807, 2.05) is 13.0 Å². The molecule has 0 saturated carbocycles. The lowest BCUT2D eigenvalue weighted by atomic mass is 10.1. The molecule has 1 unspecified atom stereocenters. The summed E-state index contributed by atoms with van der Waals surface area (Å²) in [6.07, 6.45) is 0.768. The van der Waals surface area contributed by atoms with Crippen LogP contribution in [0.4, 0.5) is 0 Å². The van der Waals surface area contributed by atoms with Gasteiger partial charge in [-0.3, -0.25) is 9.69 Å². The number of halogens is 1. The lowest BCUT2D eigenvalue weighted by Gasteiger charge is -2.19. The van der Waals surface area contributed by atoms with E-state index in [1.54, 1.807) is 12.1 Å². The molecule has 18 heavy (non-hydrogen) atoms. The number of nitrogens with zero attached hydrogens (tertiary/aromatic N) is 1. The molecule has 0 radical (unpaired) electrons. The van der Waals surface area contributed by atoms with Gasteiger partial charge in [0.2, 0.25) is 5.91 Å². The van der Waals surface area contributed by atoms with Crippen LogP contribution in [0.3, 0.4) is 0 Å². The molecule has 1 aliphatic rings. The second-order valence-electron chi connectivity index (χ2n) is 5.13. The van der Waals surface area contributed by atoms with Gasteiger partial charge in [-0.15, -0.1) is 0 Å². The van der Waals surface area contributed by atoms with Crippen LogP contribution in [0.2, 0.25) is 5.02 Å². The van der Waals surface area contributed by atoms with E-state index in [9.17, 15) is 9.90 Å². The molecule has 1 saturated heterocycles. The van der Waals surface area contributed by atoms with Crippen LogP contribution in [0.5, 0.6) is 0 Å². The Morgan fingerprint density at radius 1 is 1.61 bits per heavy atom. The molecule has 0 aliphatic carbocycles. The number of hydrogen-bond donors (Lipinski definition) is 2. The van der Waals surface area contributed by atoms with Gasteiger partial charge in [0.25, 0.3) is 0 Å². The van der Waals surface area contributed by atoms with Crippen molar-refractivity contribution in [3.8, 4) is 0 Å². The lowest BCUT2D eigenvalue weighted by Crippen LogP contribution is -2.29. The van der Waals surface area contributed by atoms with Gasteiger partial charge in [0, 0.05) is 30.2 Å². The van der Waals surface area contributed by atoms with E-state index in [1.165, 1.54) is 0 Å². The SMILES string of the molecule is CC1(O)CCN(Cc2ccc(C(N)=O)cc2Cl)C1. The smallest absolute Gasteiger partial charge is 0.248 e. The highest BCUT2D eigenvalue weighted by molar-refractivity contribution is 6.31. The first-order chi connectivity index (χ1) is 8.37. The second-order valence-corrected chi connectivity index (χ2v) is 5.54. The van der Waals surface area contributed by atoms with E-state index in [0.717, 1.165) is 18.5 Å². The highest BCUT2D eigenvalue weighted by Crippen LogP contribution is 2.25. The summed E-state index contributed by atoms with van der Waals surface area (Å²) in [5.41, 5.74) is 5.94. The molecule has 4 nitrogen and oxygen atoms in total. The Hall–Kier alpha value is -1.10. The quantitative estimate of drug-likeness (QED) is 0.871. The number of carbonyl (C=O) groups excluding carboxylic acids is 1. The van der Waals surface area contributed by atoms with Crippen molar-refractivity contribution >= 4 is 17.5 Å². The maximum absolute atomic E-state index is 11.0. The number of hydrogen-bond acceptors (Lipinski definition) is 3. The van der Waals surface area contributed by atoms with Crippen molar-refractivity contribution in [2.24, 2.45) is 5.73 Å². The van der Waals surface area contributed by atoms with Crippen LogP contribution in [0.15, 0.2) is 18.2 Å². The summed E-state index contributed by atoms with van der Waals surface area (Å²) in [7, 11) is 0. The van der Waals surface area contributed by atoms with Gasteiger partial charge < -0.3 is 10.8 Å². The van der Waals surface area contributed by atoms with Gasteiger partial charge in [-0.05, 0) is 31.0 Å². The number of benzene rings is 1. The largest absolute Gasteiger partial charge is 0.389 e. The van der Waals surface area contributed by atoms with Crippen molar-refractivity contribution in [1.82, 2.24) is 4.90 Å². The molecule has 1 aromatic carbocycles. The Morgan fingerprint density at radius 2 is 2.33 bits per heavy atom. The molecule has 1 fully saturated rings. The number of nitrogens with two attached hydrogens (primary N) is 1. The fraction of sp³-hybridized carbons (Fsp3) is 0.462. The van der Waals surface area contributed by atoms with Gasteiger partial charge in [-0.1, -0.05) is 17.7 Å². The van der Waals surface area contributed by atoms with Gasteiger partial charge in [-0.25, -0.2) is 0 Å². The van der Waals surface area contributed by atoms with Crippen LogP contribution < -0.4 is 5.73 Å². The number of aliphatic hydroxyl groups is 1. The molecule has 3 N–H and O–H groups in total. The molecular formula is C13H17ClN2O2. The van der Waals surface area contributed by atoms with Crippen molar-refractivity contribution in [2.75, 3.05) is 13.1 Å². The number of amides is 1. The minimum Gasteiger partial charge on any atom is -0.389 e. The van der Waals surface area contributed by atoms with Crippen LogP contribution in [0, 0.1) is 0 Å². The zero-order chi connectivity index (χ0) is 13.3. The van der Waals surface area contributed by atoms with E-state index >= 15 is 0 Å². The summed E-state index contributed by atoms with van der Waals surface area (Å²) < 4.78 is 0. The minimum absolute atomic E-state index is 0.414. The standard InChI is InChI=1S/C13H17ClN2O2/c1-13(18)4-5-16(8-13)7-10-3-2-9(12(15)17)6-11(10)14/h2-3,6,18H,4-5,7-8H2,1H3,(H2,15,17). The van der Waals surface area contributed by atoms with Crippen molar-refractivity contribution in [1.29, 1.82) is 0 Å². The van der Waals surface area contributed by atoms with Crippen LogP contribution in [-0.2, 0) is 6.54 Å². The fourth-order valence-electron chi connectivity index (χ4n) is 2.24. The maximum atomic E-state index is 11.0. The third-order valence-corrected chi connectivity index (χ3v) is 3.61. The molecule has 2 rings (SSSR count). The average molecular weight is 269 g/mol. The summed E-state index contributed by atoms with van der Waals surface area (Å²) in [4.78, 5) is 13.2. The van der Waals surface area contributed by atoms with Crippen LogP contribution in [0.1, 0.15) is 29.3 Å². The zero-order valence-corrected chi connectivity index (χ0v) is 11.1. The van der Waals surface area contributed by atoms with Crippen molar-refractivity contribution < 1.29 is 9.90 Å². The second kappa shape index (κ2) is 4.88. The molecule has 1 aromatic rings. The predicted molar refractivity (Wildman–Crippen MR) is 70.5 cm³/mol. The van der Waals surface area contributed by atoms with Crippen molar-refractivity contribution in [3.63, 3.8) is 0 Å². The Bertz CT molecular complexity index is 474. The summed E-state index contributed by atoms with van der Waals surface area (Å²) >= 11 is 6.13. The molecule has 1 aliphatic heterocycles. The number of β-amino-alcohol motifs (C(OH)–C–C–N with tert-alkyl or cyclic N) is 1. The summed E-state index contributed by atoms with van der Waals surface area (Å²) in [6, 6.07) is 5.08. The van der Waals surface area contributed by atoms with E-state index < -0.39 is 11.5 Å². The fourth-order valence-corrected chi connectivity index (χ4v) is 2.48. The van der Waals surface area contributed by atoms with Gasteiger partial charge in [0.1, 0.15) is 0 Å². The van der Waals surface area contributed by atoms with Crippen molar-refractivity contribution in [3.05, 3.63) is 34.3 Å². The molecule has 0 aromatic heterocycles. The molecule has 5 heteroatoms.